The second-order valence-corrected chi connectivity index (χ2v) is 4.00. The minimum Gasteiger partial charge on any atom is -0.364 e. The van der Waals surface area contributed by atoms with Crippen LogP contribution in [-0.2, 0) is 6.54 Å². The van der Waals surface area contributed by atoms with E-state index in [1.807, 2.05) is 35.8 Å². The van der Waals surface area contributed by atoms with Gasteiger partial charge >= 0.3 is 0 Å². The number of para-hydroxylation sites is 1. The van der Waals surface area contributed by atoms with Crippen LogP contribution in [0.3, 0.4) is 0 Å². The smallest absolute Gasteiger partial charge is 0.287 e. The number of nitrogens with one attached hydrogen (secondary N) is 1. The maximum absolute atomic E-state index is 11.3. The molecule has 0 atom stereocenters. The van der Waals surface area contributed by atoms with E-state index in [1.165, 1.54) is 0 Å². The molecule has 2 rings (SSSR count). The van der Waals surface area contributed by atoms with E-state index < -0.39 is 5.91 Å². The molecule has 6 heteroatoms. The van der Waals surface area contributed by atoms with Gasteiger partial charge in [0, 0.05) is 18.3 Å². The number of hydrazine groups is 1. The quantitative estimate of drug-likeness (QED) is 0.481. The summed E-state index contributed by atoms with van der Waals surface area (Å²) in [6.45, 7) is 3.42. The van der Waals surface area contributed by atoms with Gasteiger partial charge in [0.2, 0.25) is 0 Å². The summed E-state index contributed by atoms with van der Waals surface area (Å²) in [6.07, 6.45) is 0. The van der Waals surface area contributed by atoms with Crippen LogP contribution >= 0.6 is 0 Å². The number of carbonyl (C=O) groups is 1. The Morgan fingerprint density at radius 2 is 2.16 bits per heavy atom. The average Bonchev–Trinajstić information content (AvgIpc) is 2.93. The molecule has 0 fully saturated rings. The van der Waals surface area contributed by atoms with Crippen LogP contribution in [0.4, 0.5) is 5.69 Å². The van der Waals surface area contributed by atoms with Crippen LogP contribution in [-0.4, -0.2) is 17.6 Å². The Hall–Kier alpha value is -2.34. The fraction of sp³-hybridized carbons (Fsp3) is 0.231. The Balaban J connectivity index is 2.11. The van der Waals surface area contributed by atoms with Crippen molar-refractivity contribution >= 4 is 11.6 Å². The van der Waals surface area contributed by atoms with Crippen molar-refractivity contribution < 1.29 is 9.32 Å². The van der Waals surface area contributed by atoms with Crippen molar-refractivity contribution in [3.63, 3.8) is 0 Å². The third kappa shape index (κ3) is 3.11. The first-order valence-corrected chi connectivity index (χ1v) is 6.01. The molecule has 2 aromatic rings. The van der Waals surface area contributed by atoms with E-state index in [0.717, 1.165) is 12.2 Å². The molecule has 3 N–H and O–H groups in total. The number of anilines is 1. The van der Waals surface area contributed by atoms with Crippen LogP contribution < -0.4 is 16.2 Å². The van der Waals surface area contributed by atoms with Crippen LogP contribution in [0.5, 0.6) is 0 Å². The van der Waals surface area contributed by atoms with Gasteiger partial charge in [0.05, 0.1) is 6.54 Å². The number of nitrogens with zero attached hydrogens (tertiary/aromatic N) is 2. The standard InChI is InChI=1S/C13H16N4O2/c1-2-17(10-6-4-3-5-7-10)9-11-8-12(16-19-11)13(18)15-14/h3-8H,2,9,14H2,1H3,(H,15,18). The molecule has 0 bridgehead atoms. The van der Waals surface area contributed by atoms with Crippen LogP contribution in [0.25, 0.3) is 0 Å². The first-order chi connectivity index (χ1) is 9.24. The second-order valence-electron chi connectivity index (χ2n) is 4.00. The van der Waals surface area contributed by atoms with E-state index in [4.69, 9.17) is 10.4 Å². The Morgan fingerprint density at radius 1 is 1.42 bits per heavy atom. The highest BCUT2D eigenvalue weighted by Crippen LogP contribution is 2.16. The Kier molecular flexibility index (Phi) is 4.15. The number of carbonyl (C=O) groups excluding carboxylic acids is 1. The molecule has 1 aromatic carbocycles. The lowest BCUT2D eigenvalue weighted by Crippen LogP contribution is -2.30. The van der Waals surface area contributed by atoms with Crippen LogP contribution in [0, 0.1) is 0 Å². The van der Waals surface area contributed by atoms with Crippen LogP contribution in [0.2, 0.25) is 0 Å². The molecular weight excluding hydrogens is 244 g/mol. The zero-order chi connectivity index (χ0) is 13.7. The third-order valence-electron chi connectivity index (χ3n) is 2.77. The Morgan fingerprint density at radius 3 is 2.79 bits per heavy atom. The number of nitrogen functional groups attached to an aromatic ring is 1. The molecule has 19 heavy (non-hydrogen) atoms. The second kappa shape index (κ2) is 6.01. The zero-order valence-electron chi connectivity index (χ0n) is 10.7. The maximum atomic E-state index is 11.3. The third-order valence-corrected chi connectivity index (χ3v) is 2.77. The first kappa shape index (κ1) is 13.1. The van der Waals surface area contributed by atoms with Crippen LogP contribution in [0.1, 0.15) is 23.2 Å². The minimum absolute atomic E-state index is 0.182. The molecule has 1 aromatic heterocycles. The number of hydrogen-bond donors (Lipinski definition) is 2. The number of nitrogens with two attached hydrogens (primary N) is 1. The minimum atomic E-state index is -0.460. The number of rotatable bonds is 5. The summed E-state index contributed by atoms with van der Waals surface area (Å²) in [6, 6.07) is 11.6. The molecule has 0 aliphatic rings. The summed E-state index contributed by atoms with van der Waals surface area (Å²) >= 11 is 0. The maximum Gasteiger partial charge on any atom is 0.287 e. The average molecular weight is 260 g/mol. The lowest BCUT2D eigenvalue weighted by atomic mass is 10.2. The van der Waals surface area contributed by atoms with Gasteiger partial charge in [0.15, 0.2) is 11.5 Å². The van der Waals surface area contributed by atoms with Gasteiger partial charge < -0.3 is 9.42 Å². The molecule has 0 saturated carbocycles. The van der Waals surface area contributed by atoms with Gasteiger partial charge in [-0.2, -0.15) is 0 Å². The predicted molar refractivity (Wildman–Crippen MR) is 71.3 cm³/mol. The van der Waals surface area contributed by atoms with Gasteiger partial charge in [0.25, 0.3) is 5.91 Å². The van der Waals surface area contributed by atoms with Gasteiger partial charge in [-0.15, -0.1) is 0 Å². The summed E-state index contributed by atoms with van der Waals surface area (Å²) in [5, 5.41) is 3.67. The first-order valence-electron chi connectivity index (χ1n) is 6.01. The molecule has 0 unspecified atom stereocenters. The summed E-state index contributed by atoms with van der Waals surface area (Å²) in [7, 11) is 0. The molecule has 100 valence electrons. The summed E-state index contributed by atoms with van der Waals surface area (Å²) in [4.78, 5) is 13.4. The van der Waals surface area contributed by atoms with E-state index in [2.05, 4.69) is 17.0 Å². The highest BCUT2D eigenvalue weighted by molar-refractivity contribution is 5.91. The van der Waals surface area contributed by atoms with Crippen molar-refractivity contribution in [1.82, 2.24) is 10.6 Å². The highest BCUT2D eigenvalue weighted by atomic mass is 16.5. The van der Waals surface area contributed by atoms with Gasteiger partial charge in [-0.3, -0.25) is 10.2 Å². The van der Waals surface area contributed by atoms with Gasteiger partial charge in [-0.25, -0.2) is 5.84 Å². The predicted octanol–water partition coefficient (Wildman–Crippen LogP) is 1.30. The van der Waals surface area contributed by atoms with Gasteiger partial charge in [0.1, 0.15) is 0 Å². The molecule has 0 radical (unpaired) electrons. The van der Waals surface area contributed by atoms with Gasteiger partial charge in [-0.05, 0) is 19.1 Å². The summed E-state index contributed by atoms with van der Waals surface area (Å²) < 4.78 is 5.13. The van der Waals surface area contributed by atoms with E-state index in [9.17, 15) is 4.79 Å². The van der Waals surface area contributed by atoms with Gasteiger partial charge in [-0.1, -0.05) is 23.4 Å². The van der Waals surface area contributed by atoms with Crippen molar-refractivity contribution in [3.05, 3.63) is 47.9 Å². The molecule has 1 amide bonds. The number of hydrogen-bond acceptors (Lipinski definition) is 5. The molecule has 0 spiro atoms. The highest BCUT2D eigenvalue weighted by Gasteiger charge is 2.13. The van der Waals surface area contributed by atoms with Crippen LogP contribution in [0.15, 0.2) is 40.9 Å². The van der Waals surface area contributed by atoms with E-state index >= 15 is 0 Å². The Labute approximate surface area is 111 Å². The largest absolute Gasteiger partial charge is 0.364 e. The van der Waals surface area contributed by atoms with E-state index in [-0.39, 0.29) is 5.69 Å². The molecular formula is C13H16N4O2. The fourth-order valence-corrected chi connectivity index (χ4v) is 1.78. The lowest BCUT2D eigenvalue weighted by Gasteiger charge is -2.21. The number of amides is 1. The SMILES string of the molecule is CCN(Cc1cc(C(=O)NN)no1)c1ccccc1. The van der Waals surface area contributed by atoms with E-state index in [1.54, 1.807) is 6.07 Å². The fourth-order valence-electron chi connectivity index (χ4n) is 1.78. The lowest BCUT2D eigenvalue weighted by molar-refractivity contribution is 0.0944. The monoisotopic (exact) mass is 260 g/mol. The number of aromatic nitrogens is 1. The van der Waals surface area contributed by atoms with Crippen molar-refractivity contribution in [1.29, 1.82) is 0 Å². The van der Waals surface area contributed by atoms with Crippen molar-refractivity contribution in [2.75, 3.05) is 11.4 Å². The molecule has 0 saturated heterocycles. The topological polar surface area (TPSA) is 84.4 Å². The van der Waals surface area contributed by atoms with Crippen molar-refractivity contribution in [2.24, 2.45) is 5.84 Å². The molecule has 0 aliphatic carbocycles. The van der Waals surface area contributed by atoms with Crippen molar-refractivity contribution in [2.45, 2.75) is 13.5 Å². The zero-order valence-corrected chi connectivity index (χ0v) is 10.7. The number of benzene rings is 1. The van der Waals surface area contributed by atoms with Crippen molar-refractivity contribution in [3.8, 4) is 0 Å². The molecule has 0 aliphatic heterocycles. The Bertz CT molecular complexity index is 539. The normalized spacial score (nSPS) is 10.2. The molecule has 1 heterocycles. The van der Waals surface area contributed by atoms with E-state index in [0.29, 0.717) is 12.3 Å². The molecule has 6 nitrogen and oxygen atoms in total. The summed E-state index contributed by atoms with van der Waals surface area (Å²) in [5.41, 5.74) is 3.29. The summed E-state index contributed by atoms with van der Waals surface area (Å²) in [5.74, 6) is 5.19.